The fourth-order valence-corrected chi connectivity index (χ4v) is 2.88. The third-order valence-electron chi connectivity index (χ3n) is 4.40. The maximum atomic E-state index is 10.9. The van der Waals surface area contributed by atoms with Crippen molar-refractivity contribution in [2.45, 2.75) is 31.7 Å². The van der Waals surface area contributed by atoms with Gasteiger partial charge in [0.05, 0.1) is 11.7 Å². The molecule has 6 heteroatoms. The van der Waals surface area contributed by atoms with Crippen molar-refractivity contribution in [1.82, 2.24) is 15.0 Å². The summed E-state index contributed by atoms with van der Waals surface area (Å²) >= 11 is 0. The van der Waals surface area contributed by atoms with Crippen LogP contribution < -0.4 is 10.2 Å². The van der Waals surface area contributed by atoms with Crippen LogP contribution >= 0.6 is 0 Å². The largest absolute Gasteiger partial charge is 0.364 e. The van der Waals surface area contributed by atoms with Crippen molar-refractivity contribution in [3.05, 3.63) is 18.5 Å². The normalized spacial score (nSPS) is 19.4. The van der Waals surface area contributed by atoms with E-state index in [0.29, 0.717) is 6.04 Å². The number of aromatic nitrogens is 3. The second kappa shape index (κ2) is 5.51. The summed E-state index contributed by atoms with van der Waals surface area (Å²) in [6.45, 7) is 1.70. The Morgan fingerprint density at radius 1 is 1.14 bits per heavy atom. The van der Waals surface area contributed by atoms with Gasteiger partial charge in [-0.15, -0.1) is 0 Å². The van der Waals surface area contributed by atoms with Crippen LogP contribution in [0.25, 0.3) is 11.0 Å². The number of carbonyl (C=O) groups excluding carboxylic acids is 1. The minimum atomic E-state index is 0.186. The number of rotatable bonds is 4. The van der Waals surface area contributed by atoms with Crippen LogP contribution in [0.3, 0.4) is 0 Å². The first-order valence-electron chi connectivity index (χ1n) is 7.92. The Morgan fingerprint density at radius 3 is 2.68 bits per heavy atom. The monoisotopic (exact) mass is 297 g/mol. The number of anilines is 2. The average Bonchev–Trinajstić information content (AvgIpc) is 3.38. The van der Waals surface area contributed by atoms with Gasteiger partial charge in [-0.25, -0.2) is 9.97 Å². The van der Waals surface area contributed by atoms with Gasteiger partial charge in [0.2, 0.25) is 0 Å². The van der Waals surface area contributed by atoms with Crippen molar-refractivity contribution in [2.75, 3.05) is 23.3 Å². The minimum Gasteiger partial charge on any atom is -0.364 e. The lowest BCUT2D eigenvalue weighted by Crippen LogP contribution is -2.35. The Bertz CT molecular complexity index is 692. The van der Waals surface area contributed by atoms with Crippen LogP contribution in [0.1, 0.15) is 25.7 Å². The molecule has 0 unspecified atom stereocenters. The Hall–Kier alpha value is -2.24. The zero-order valence-corrected chi connectivity index (χ0v) is 12.4. The molecule has 1 saturated heterocycles. The Morgan fingerprint density at radius 2 is 1.95 bits per heavy atom. The molecule has 6 nitrogen and oxygen atoms in total. The molecule has 0 spiro atoms. The van der Waals surface area contributed by atoms with Gasteiger partial charge in [0, 0.05) is 31.2 Å². The van der Waals surface area contributed by atoms with Crippen molar-refractivity contribution < 1.29 is 4.79 Å². The second-order valence-electron chi connectivity index (χ2n) is 6.14. The molecule has 114 valence electrons. The molecule has 2 aliphatic rings. The van der Waals surface area contributed by atoms with Crippen molar-refractivity contribution in [1.29, 1.82) is 0 Å². The van der Waals surface area contributed by atoms with E-state index >= 15 is 0 Å². The zero-order valence-electron chi connectivity index (χ0n) is 12.4. The zero-order chi connectivity index (χ0) is 14.9. The molecular weight excluding hydrogens is 278 g/mol. The standard InChI is InChI=1S/C16H19N5O/c22-10-11-4-7-21(8-5-11)16-15(18-12-1-2-12)19-13-3-6-17-9-14(13)20-16/h3,6,9-12H,1-2,4-5,7-8H2,(H,18,19). The first kappa shape index (κ1) is 13.4. The lowest BCUT2D eigenvalue weighted by molar-refractivity contribution is -0.111. The van der Waals surface area contributed by atoms with E-state index < -0.39 is 0 Å². The predicted molar refractivity (Wildman–Crippen MR) is 85.0 cm³/mol. The van der Waals surface area contributed by atoms with Crippen molar-refractivity contribution >= 4 is 29.0 Å². The molecule has 2 fully saturated rings. The molecule has 0 atom stereocenters. The molecule has 3 heterocycles. The highest BCUT2D eigenvalue weighted by molar-refractivity contribution is 5.80. The van der Waals surface area contributed by atoms with Crippen LogP contribution in [0, 0.1) is 5.92 Å². The van der Waals surface area contributed by atoms with Crippen LogP contribution in [0.5, 0.6) is 0 Å². The van der Waals surface area contributed by atoms with Crippen molar-refractivity contribution in [3.63, 3.8) is 0 Å². The molecule has 22 heavy (non-hydrogen) atoms. The number of hydrogen-bond donors (Lipinski definition) is 1. The summed E-state index contributed by atoms with van der Waals surface area (Å²) < 4.78 is 0. The highest BCUT2D eigenvalue weighted by atomic mass is 16.1. The number of aldehydes is 1. The smallest absolute Gasteiger partial charge is 0.172 e. The summed E-state index contributed by atoms with van der Waals surface area (Å²) in [6.07, 6.45) is 8.75. The van der Waals surface area contributed by atoms with E-state index in [9.17, 15) is 4.79 Å². The maximum Gasteiger partial charge on any atom is 0.172 e. The van der Waals surface area contributed by atoms with Crippen LogP contribution in [0.4, 0.5) is 11.6 Å². The lowest BCUT2D eigenvalue weighted by atomic mass is 9.99. The fraction of sp³-hybridized carbons (Fsp3) is 0.500. The van der Waals surface area contributed by atoms with Gasteiger partial charge in [-0.2, -0.15) is 0 Å². The number of nitrogens with zero attached hydrogens (tertiary/aromatic N) is 4. The van der Waals surface area contributed by atoms with E-state index in [0.717, 1.165) is 54.9 Å². The van der Waals surface area contributed by atoms with Crippen LogP contribution in [0.2, 0.25) is 0 Å². The topological polar surface area (TPSA) is 71.0 Å². The minimum absolute atomic E-state index is 0.186. The summed E-state index contributed by atoms with van der Waals surface area (Å²) in [5.74, 6) is 1.95. The molecule has 4 rings (SSSR count). The number of hydrogen-bond acceptors (Lipinski definition) is 6. The lowest BCUT2D eigenvalue weighted by Gasteiger charge is -2.31. The van der Waals surface area contributed by atoms with Crippen molar-refractivity contribution in [3.8, 4) is 0 Å². The van der Waals surface area contributed by atoms with E-state index in [-0.39, 0.29) is 5.92 Å². The van der Waals surface area contributed by atoms with Crippen LogP contribution in [-0.4, -0.2) is 40.4 Å². The summed E-state index contributed by atoms with van der Waals surface area (Å²) in [7, 11) is 0. The maximum absolute atomic E-state index is 10.9. The average molecular weight is 297 g/mol. The van der Waals surface area contributed by atoms with Gasteiger partial charge in [-0.3, -0.25) is 4.98 Å². The van der Waals surface area contributed by atoms with Crippen molar-refractivity contribution in [2.24, 2.45) is 5.92 Å². The highest BCUT2D eigenvalue weighted by Crippen LogP contribution is 2.32. The summed E-state index contributed by atoms with van der Waals surface area (Å²) in [5, 5.41) is 3.49. The quantitative estimate of drug-likeness (QED) is 0.871. The molecule has 1 saturated carbocycles. The fourth-order valence-electron chi connectivity index (χ4n) is 2.88. The molecule has 1 N–H and O–H groups in total. The Balaban J connectivity index is 1.69. The summed E-state index contributed by atoms with van der Waals surface area (Å²) in [4.78, 5) is 26.8. The number of piperidine rings is 1. The van der Waals surface area contributed by atoms with E-state index in [1.165, 1.54) is 12.8 Å². The Labute approximate surface area is 129 Å². The molecule has 1 aliphatic carbocycles. The first-order chi connectivity index (χ1) is 10.8. The van der Waals surface area contributed by atoms with Crippen LogP contribution in [0.15, 0.2) is 18.5 Å². The molecule has 0 amide bonds. The second-order valence-corrected chi connectivity index (χ2v) is 6.14. The Kier molecular flexibility index (Phi) is 3.36. The van der Waals surface area contributed by atoms with Crippen LogP contribution in [-0.2, 0) is 4.79 Å². The molecule has 0 bridgehead atoms. The van der Waals surface area contributed by atoms with Gasteiger partial charge in [0.1, 0.15) is 11.8 Å². The highest BCUT2D eigenvalue weighted by Gasteiger charge is 2.27. The molecule has 0 aromatic carbocycles. The molecule has 2 aromatic heterocycles. The van der Waals surface area contributed by atoms with Gasteiger partial charge < -0.3 is 15.0 Å². The molecule has 2 aromatic rings. The summed E-state index contributed by atoms with van der Waals surface area (Å²) in [5.41, 5.74) is 1.68. The van der Waals surface area contributed by atoms with E-state index in [1.807, 2.05) is 6.07 Å². The van der Waals surface area contributed by atoms with Gasteiger partial charge in [0.25, 0.3) is 0 Å². The summed E-state index contributed by atoms with van der Waals surface area (Å²) in [6, 6.07) is 2.42. The number of nitrogens with one attached hydrogen (secondary N) is 1. The van der Waals surface area contributed by atoms with E-state index in [4.69, 9.17) is 9.97 Å². The van der Waals surface area contributed by atoms with E-state index in [1.54, 1.807) is 12.4 Å². The molecule has 1 aliphatic heterocycles. The van der Waals surface area contributed by atoms with Gasteiger partial charge in [-0.05, 0) is 31.7 Å². The predicted octanol–water partition coefficient (Wildman–Crippen LogP) is 2.01. The molecular formula is C16H19N5O. The first-order valence-corrected chi connectivity index (χ1v) is 7.92. The number of pyridine rings is 1. The van der Waals surface area contributed by atoms with Gasteiger partial charge in [-0.1, -0.05) is 0 Å². The van der Waals surface area contributed by atoms with Gasteiger partial charge >= 0.3 is 0 Å². The number of fused-ring (bicyclic) bond motifs is 1. The third-order valence-corrected chi connectivity index (χ3v) is 4.40. The SMILES string of the molecule is O=CC1CCN(c2nc3cnccc3nc2NC2CC2)CC1. The molecule has 0 radical (unpaired) electrons. The third kappa shape index (κ3) is 2.61. The van der Waals surface area contributed by atoms with Gasteiger partial charge in [0.15, 0.2) is 11.6 Å². The number of carbonyl (C=O) groups is 1. The van der Waals surface area contributed by atoms with E-state index in [2.05, 4.69) is 15.2 Å².